The van der Waals surface area contributed by atoms with Crippen molar-refractivity contribution in [2.45, 2.75) is 0 Å². The van der Waals surface area contributed by atoms with E-state index in [0.29, 0.717) is 0 Å². The fourth-order valence-corrected chi connectivity index (χ4v) is 11.9. The zero-order valence-corrected chi connectivity index (χ0v) is 31.2. The Morgan fingerprint density at radius 1 is 0.339 bits per heavy atom. The molecule has 0 aliphatic heterocycles. The van der Waals surface area contributed by atoms with Crippen molar-refractivity contribution >= 4 is 88.0 Å². The van der Waals surface area contributed by atoms with E-state index < -0.39 is 7.14 Å². The third kappa shape index (κ3) is 4.81. The summed E-state index contributed by atoms with van der Waals surface area (Å²) in [6.45, 7) is 0. The molecular weight excluding hydrogens is 700 g/mol. The van der Waals surface area contributed by atoms with Crippen LogP contribution in [0.2, 0.25) is 0 Å². The molecule has 0 fully saturated rings. The smallest absolute Gasteiger partial charge is 0.172 e. The topological polar surface area (TPSA) is 42.9 Å². The molecule has 0 N–H and O–H groups in total. The molecule has 0 atom stereocenters. The molecule has 3 nitrogen and oxygen atoms in total. The van der Waals surface area contributed by atoms with Gasteiger partial charge in [0.05, 0.1) is 22.4 Å². The number of aromatic nitrogens is 2. The second-order valence-corrected chi connectivity index (χ2v) is 17.0. The second-order valence-electron chi connectivity index (χ2n) is 14.3. The standard InChI is InChI=1S/C52H33N2OP/c55-56(35-20-6-2-7-21-35,36-22-8-3-9-23-36)52-43-30-16-13-27-40(43)47(41-28-14-17-31-44(41)52)46-33-32-45-48-39-26-12-10-24-37(39)38-25-11-15-29-42(38)50(48)54-49(51(45)53-46)34-18-4-1-5-19-34/h1-33H. The van der Waals surface area contributed by atoms with Crippen molar-refractivity contribution in [3.8, 4) is 22.5 Å². The van der Waals surface area contributed by atoms with Gasteiger partial charge in [-0.2, -0.15) is 0 Å². The minimum absolute atomic E-state index is 0.809. The van der Waals surface area contributed by atoms with Gasteiger partial charge >= 0.3 is 0 Å². The van der Waals surface area contributed by atoms with Crippen LogP contribution in [0.15, 0.2) is 200 Å². The van der Waals surface area contributed by atoms with Crippen LogP contribution in [0.25, 0.3) is 87.4 Å². The zero-order chi connectivity index (χ0) is 37.2. The lowest BCUT2D eigenvalue weighted by Crippen LogP contribution is -2.26. The maximum absolute atomic E-state index is 16.2. The van der Waals surface area contributed by atoms with Crippen molar-refractivity contribution in [3.05, 3.63) is 200 Å². The van der Waals surface area contributed by atoms with Gasteiger partial charge in [0.15, 0.2) is 7.14 Å². The molecule has 0 saturated carbocycles. The first-order valence-electron chi connectivity index (χ1n) is 18.9. The number of pyridine rings is 2. The Morgan fingerprint density at radius 2 is 0.786 bits per heavy atom. The van der Waals surface area contributed by atoms with Crippen molar-refractivity contribution in [3.63, 3.8) is 0 Å². The summed E-state index contributed by atoms with van der Waals surface area (Å²) >= 11 is 0. The van der Waals surface area contributed by atoms with Crippen molar-refractivity contribution in [1.82, 2.24) is 9.97 Å². The minimum atomic E-state index is -3.37. The van der Waals surface area contributed by atoms with Gasteiger partial charge in [-0.05, 0) is 49.8 Å². The largest absolute Gasteiger partial charge is 0.309 e. The molecule has 56 heavy (non-hydrogen) atoms. The van der Waals surface area contributed by atoms with Crippen molar-refractivity contribution < 1.29 is 4.57 Å². The lowest BCUT2D eigenvalue weighted by molar-refractivity contribution is 0.593. The fourth-order valence-electron chi connectivity index (χ4n) is 8.86. The Kier molecular flexibility index (Phi) is 7.45. The van der Waals surface area contributed by atoms with Crippen LogP contribution in [-0.2, 0) is 4.57 Å². The van der Waals surface area contributed by atoms with Gasteiger partial charge in [0, 0.05) is 43.2 Å². The molecule has 0 radical (unpaired) electrons. The first-order chi connectivity index (χ1) is 27.7. The van der Waals surface area contributed by atoms with E-state index in [-0.39, 0.29) is 0 Å². The van der Waals surface area contributed by atoms with E-state index in [4.69, 9.17) is 9.97 Å². The van der Waals surface area contributed by atoms with Crippen LogP contribution in [-0.4, -0.2) is 9.97 Å². The van der Waals surface area contributed by atoms with E-state index in [1.165, 1.54) is 10.8 Å². The third-order valence-corrected chi connectivity index (χ3v) is 14.4. The minimum Gasteiger partial charge on any atom is -0.309 e. The summed E-state index contributed by atoms with van der Waals surface area (Å²) in [5.41, 5.74) is 5.53. The van der Waals surface area contributed by atoms with Crippen LogP contribution in [0.3, 0.4) is 0 Å². The third-order valence-electron chi connectivity index (χ3n) is 11.3. The number of rotatable bonds is 5. The van der Waals surface area contributed by atoms with E-state index >= 15 is 4.57 Å². The molecule has 262 valence electrons. The molecule has 11 aromatic rings. The van der Waals surface area contributed by atoms with Crippen LogP contribution in [0.1, 0.15) is 0 Å². The summed E-state index contributed by atoms with van der Waals surface area (Å²) in [6, 6.07) is 68.8. The van der Waals surface area contributed by atoms with Gasteiger partial charge in [-0.1, -0.05) is 188 Å². The maximum atomic E-state index is 16.2. The first-order valence-corrected chi connectivity index (χ1v) is 20.7. The first kappa shape index (κ1) is 32.5. The number of fused-ring (bicyclic) bond motifs is 10. The highest BCUT2D eigenvalue weighted by atomic mass is 31.2. The van der Waals surface area contributed by atoms with Gasteiger partial charge in [-0.25, -0.2) is 9.97 Å². The molecule has 0 aliphatic carbocycles. The molecule has 0 saturated heterocycles. The summed E-state index contributed by atoms with van der Waals surface area (Å²) in [5, 5.41) is 13.2. The maximum Gasteiger partial charge on any atom is 0.172 e. The predicted molar refractivity (Wildman–Crippen MR) is 237 cm³/mol. The lowest BCUT2D eigenvalue weighted by Gasteiger charge is -2.25. The molecule has 2 aromatic heterocycles. The fraction of sp³-hybridized carbons (Fsp3) is 0. The Labute approximate surface area is 323 Å². The molecule has 9 aromatic carbocycles. The quantitative estimate of drug-likeness (QED) is 0.101. The molecule has 4 heteroatoms. The molecular formula is C52H33N2OP. The molecule has 0 bridgehead atoms. The van der Waals surface area contributed by atoms with E-state index in [1.807, 2.05) is 66.7 Å². The Balaban J connectivity index is 1.28. The Hall–Kier alpha value is -6.93. The van der Waals surface area contributed by atoms with Gasteiger partial charge < -0.3 is 4.57 Å². The van der Waals surface area contributed by atoms with E-state index in [0.717, 1.165) is 92.6 Å². The van der Waals surface area contributed by atoms with E-state index in [2.05, 4.69) is 133 Å². The van der Waals surface area contributed by atoms with E-state index in [9.17, 15) is 0 Å². The monoisotopic (exact) mass is 732 g/mol. The molecule has 0 aliphatic rings. The molecule has 2 heterocycles. The summed E-state index contributed by atoms with van der Waals surface area (Å²) in [5.74, 6) is 0. The predicted octanol–water partition coefficient (Wildman–Crippen LogP) is 12.4. The van der Waals surface area contributed by atoms with Crippen molar-refractivity contribution in [2.75, 3.05) is 0 Å². The Bertz CT molecular complexity index is 3280. The average Bonchev–Trinajstić information content (AvgIpc) is 3.28. The van der Waals surface area contributed by atoms with Gasteiger partial charge in [-0.15, -0.1) is 0 Å². The van der Waals surface area contributed by atoms with Crippen molar-refractivity contribution in [1.29, 1.82) is 0 Å². The van der Waals surface area contributed by atoms with Gasteiger partial charge in [0.2, 0.25) is 0 Å². The van der Waals surface area contributed by atoms with Crippen LogP contribution >= 0.6 is 7.14 Å². The number of hydrogen-bond acceptors (Lipinski definition) is 3. The molecule has 0 amide bonds. The van der Waals surface area contributed by atoms with Crippen LogP contribution in [0.5, 0.6) is 0 Å². The average molecular weight is 733 g/mol. The number of benzene rings is 9. The summed E-state index contributed by atoms with van der Waals surface area (Å²) in [7, 11) is -3.37. The second kappa shape index (κ2) is 12.8. The highest BCUT2D eigenvalue weighted by molar-refractivity contribution is 7.86. The molecule has 0 unspecified atom stereocenters. The molecule has 11 rings (SSSR count). The summed E-state index contributed by atoms with van der Waals surface area (Å²) in [6.07, 6.45) is 0. The molecule has 0 spiro atoms. The highest BCUT2D eigenvalue weighted by Crippen LogP contribution is 2.49. The lowest BCUT2D eigenvalue weighted by atomic mass is 9.92. The van der Waals surface area contributed by atoms with Crippen LogP contribution in [0.4, 0.5) is 0 Å². The van der Waals surface area contributed by atoms with Gasteiger partial charge in [-0.3, -0.25) is 0 Å². The SMILES string of the molecule is O=P(c1ccccc1)(c1ccccc1)c1c2ccccc2c(-c2ccc3c(n2)c(-c2ccccc2)nc2c4ccccc4c4ccccc4c32)c2ccccc12. The van der Waals surface area contributed by atoms with Crippen LogP contribution in [0, 0.1) is 0 Å². The number of hydrogen-bond donors (Lipinski definition) is 0. The van der Waals surface area contributed by atoms with Gasteiger partial charge in [0.25, 0.3) is 0 Å². The van der Waals surface area contributed by atoms with Crippen LogP contribution < -0.4 is 15.9 Å². The Morgan fingerprint density at radius 3 is 1.36 bits per heavy atom. The highest BCUT2D eigenvalue weighted by Gasteiger charge is 2.34. The number of nitrogens with zero attached hydrogens (tertiary/aromatic N) is 2. The zero-order valence-electron chi connectivity index (χ0n) is 30.3. The van der Waals surface area contributed by atoms with E-state index in [1.54, 1.807) is 0 Å². The van der Waals surface area contributed by atoms with Crippen molar-refractivity contribution in [2.24, 2.45) is 0 Å². The summed E-state index contributed by atoms with van der Waals surface area (Å²) < 4.78 is 16.2. The summed E-state index contributed by atoms with van der Waals surface area (Å²) in [4.78, 5) is 11.2. The van der Waals surface area contributed by atoms with Gasteiger partial charge in [0.1, 0.15) is 0 Å². The normalized spacial score (nSPS) is 12.0.